The maximum atomic E-state index is 12.5. The van der Waals surface area contributed by atoms with Crippen molar-refractivity contribution in [3.8, 4) is 0 Å². The molecule has 0 bridgehead atoms. The zero-order valence-electron chi connectivity index (χ0n) is 10.7. The third-order valence-electron chi connectivity index (χ3n) is 3.42. The van der Waals surface area contributed by atoms with E-state index in [9.17, 15) is 14.4 Å². The Morgan fingerprint density at radius 2 is 1.70 bits per heavy atom. The molecule has 4 heteroatoms. The lowest BCUT2D eigenvalue weighted by atomic mass is 9.82. The molecular formula is C16H10NO3. The first-order valence-corrected chi connectivity index (χ1v) is 6.06. The molecule has 1 radical (unpaired) electrons. The van der Waals surface area contributed by atoms with Crippen LogP contribution in [0.25, 0.3) is 0 Å². The van der Waals surface area contributed by atoms with E-state index in [2.05, 4.69) is 6.07 Å². The summed E-state index contributed by atoms with van der Waals surface area (Å²) in [5.74, 6) is -0.898. The molecule has 2 aromatic carbocycles. The molecule has 0 aliphatic heterocycles. The minimum Gasteiger partial charge on any atom is -0.398 e. The van der Waals surface area contributed by atoms with E-state index in [1.807, 2.05) is 0 Å². The second-order valence-corrected chi connectivity index (χ2v) is 4.63. The van der Waals surface area contributed by atoms with Crippen molar-refractivity contribution in [3.63, 3.8) is 0 Å². The standard InChI is InChI=1S/C16H10NO3/c1-8(18)9-6-7-12-13(14(9)17)16(20)11-5-3-2-4-10(11)15(12)19/h2-6H,17H2,1H3. The van der Waals surface area contributed by atoms with E-state index in [-0.39, 0.29) is 39.7 Å². The van der Waals surface area contributed by atoms with Crippen LogP contribution in [-0.4, -0.2) is 17.3 Å². The molecule has 0 saturated heterocycles. The Bertz CT molecular complexity index is 790. The molecule has 0 spiro atoms. The number of nitrogen functional groups attached to an aromatic ring is 1. The van der Waals surface area contributed by atoms with Gasteiger partial charge in [-0.1, -0.05) is 24.3 Å². The molecule has 0 heterocycles. The van der Waals surface area contributed by atoms with Crippen molar-refractivity contribution in [3.05, 3.63) is 64.2 Å². The number of Topliss-reactive ketones (excluding diaryl/α,β-unsaturated/α-hetero) is 1. The van der Waals surface area contributed by atoms with Gasteiger partial charge in [-0.25, -0.2) is 0 Å². The number of anilines is 1. The Labute approximate surface area is 115 Å². The van der Waals surface area contributed by atoms with E-state index in [1.54, 1.807) is 24.3 Å². The molecule has 1 aliphatic rings. The molecule has 0 amide bonds. The second kappa shape index (κ2) is 4.13. The fraction of sp³-hybridized carbons (Fsp3) is 0.0625. The highest BCUT2D eigenvalue weighted by molar-refractivity contribution is 6.30. The average Bonchev–Trinajstić information content (AvgIpc) is 2.44. The van der Waals surface area contributed by atoms with Crippen LogP contribution in [0.15, 0.2) is 30.3 Å². The molecule has 3 rings (SSSR count). The van der Waals surface area contributed by atoms with Crippen LogP contribution in [0.1, 0.15) is 49.1 Å². The van der Waals surface area contributed by atoms with E-state index in [0.29, 0.717) is 11.1 Å². The second-order valence-electron chi connectivity index (χ2n) is 4.63. The zero-order valence-corrected chi connectivity index (χ0v) is 10.7. The van der Waals surface area contributed by atoms with E-state index >= 15 is 0 Å². The van der Waals surface area contributed by atoms with Crippen LogP contribution in [0.3, 0.4) is 0 Å². The van der Waals surface area contributed by atoms with Crippen LogP contribution >= 0.6 is 0 Å². The van der Waals surface area contributed by atoms with Crippen molar-refractivity contribution >= 4 is 23.0 Å². The number of hydrogen-bond acceptors (Lipinski definition) is 4. The third kappa shape index (κ3) is 1.51. The minimum absolute atomic E-state index is 0.0547. The number of rotatable bonds is 1. The molecule has 1 aliphatic carbocycles. The number of nitrogens with two attached hydrogens (primary N) is 1. The molecule has 97 valence electrons. The van der Waals surface area contributed by atoms with Crippen molar-refractivity contribution < 1.29 is 14.4 Å². The molecule has 0 atom stereocenters. The van der Waals surface area contributed by atoms with Crippen LogP contribution < -0.4 is 5.73 Å². The smallest absolute Gasteiger partial charge is 0.196 e. The normalized spacial score (nSPS) is 12.8. The Morgan fingerprint density at radius 1 is 1.10 bits per heavy atom. The highest BCUT2D eigenvalue weighted by atomic mass is 16.1. The van der Waals surface area contributed by atoms with Gasteiger partial charge in [0.25, 0.3) is 0 Å². The summed E-state index contributed by atoms with van der Waals surface area (Å²) in [5.41, 5.74) is 7.04. The lowest BCUT2D eigenvalue weighted by molar-refractivity contribution is 0.0978. The summed E-state index contributed by atoms with van der Waals surface area (Å²) in [7, 11) is 0. The first-order valence-electron chi connectivity index (χ1n) is 6.06. The number of hydrogen-bond donors (Lipinski definition) is 1. The molecule has 0 fully saturated rings. The number of fused-ring (bicyclic) bond motifs is 2. The van der Waals surface area contributed by atoms with Gasteiger partial charge in [0.1, 0.15) is 0 Å². The van der Waals surface area contributed by atoms with Crippen LogP contribution in [0.2, 0.25) is 0 Å². The van der Waals surface area contributed by atoms with Gasteiger partial charge in [0.05, 0.1) is 11.3 Å². The number of benzene rings is 2. The molecular weight excluding hydrogens is 254 g/mol. The van der Waals surface area contributed by atoms with Gasteiger partial charge in [0.15, 0.2) is 17.3 Å². The van der Waals surface area contributed by atoms with Crippen LogP contribution in [0, 0.1) is 6.07 Å². The van der Waals surface area contributed by atoms with Gasteiger partial charge in [0.2, 0.25) is 0 Å². The van der Waals surface area contributed by atoms with Crippen molar-refractivity contribution in [2.75, 3.05) is 5.73 Å². The number of carbonyl (C=O) groups excluding carboxylic acids is 3. The van der Waals surface area contributed by atoms with E-state index in [4.69, 9.17) is 5.73 Å². The molecule has 2 N–H and O–H groups in total. The molecule has 4 nitrogen and oxygen atoms in total. The molecule has 20 heavy (non-hydrogen) atoms. The van der Waals surface area contributed by atoms with Crippen LogP contribution in [-0.2, 0) is 0 Å². The van der Waals surface area contributed by atoms with E-state index in [1.165, 1.54) is 13.0 Å². The summed E-state index contributed by atoms with van der Waals surface area (Å²) < 4.78 is 0. The molecule has 0 saturated carbocycles. The van der Waals surface area contributed by atoms with E-state index in [0.717, 1.165) is 0 Å². The topological polar surface area (TPSA) is 77.2 Å². The van der Waals surface area contributed by atoms with Gasteiger partial charge in [-0.2, -0.15) is 0 Å². The van der Waals surface area contributed by atoms with Crippen molar-refractivity contribution in [2.45, 2.75) is 6.92 Å². The summed E-state index contributed by atoms with van der Waals surface area (Å²) in [4.78, 5) is 36.3. The predicted molar refractivity (Wildman–Crippen MR) is 73.0 cm³/mol. The minimum atomic E-state index is -0.341. The van der Waals surface area contributed by atoms with Crippen LogP contribution in [0.4, 0.5) is 5.69 Å². The maximum absolute atomic E-state index is 12.5. The zero-order chi connectivity index (χ0) is 14.4. The van der Waals surface area contributed by atoms with Gasteiger partial charge in [-0.05, 0) is 19.1 Å². The fourth-order valence-corrected chi connectivity index (χ4v) is 2.42. The number of ketones is 3. The van der Waals surface area contributed by atoms with Crippen molar-refractivity contribution in [1.29, 1.82) is 0 Å². The predicted octanol–water partition coefficient (Wildman–Crippen LogP) is 2.05. The summed E-state index contributed by atoms with van der Waals surface area (Å²) in [6.07, 6.45) is 0. The largest absolute Gasteiger partial charge is 0.398 e. The Hall–Kier alpha value is -2.75. The summed E-state index contributed by atoms with van der Waals surface area (Å²) in [6, 6.07) is 10.7. The highest BCUT2D eigenvalue weighted by Gasteiger charge is 2.32. The quantitative estimate of drug-likeness (QED) is 0.539. The number of carbonyl (C=O) groups is 3. The first-order chi connectivity index (χ1) is 9.52. The maximum Gasteiger partial charge on any atom is 0.196 e. The summed E-state index contributed by atoms with van der Waals surface area (Å²) in [6.45, 7) is 1.36. The summed E-state index contributed by atoms with van der Waals surface area (Å²) in [5, 5.41) is 0. The van der Waals surface area contributed by atoms with Gasteiger partial charge < -0.3 is 5.73 Å². The van der Waals surface area contributed by atoms with Crippen molar-refractivity contribution in [1.82, 2.24) is 0 Å². The first kappa shape index (κ1) is 12.3. The molecule has 0 aromatic heterocycles. The highest BCUT2D eigenvalue weighted by Crippen LogP contribution is 2.32. The van der Waals surface area contributed by atoms with Gasteiger partial charge in [-0.15, -0.1) is 0 Å². The molecule has 2 aromatic rings. The fourth-order valence-electron chi connectivity index (χ4n) is 2.42. The lowest BCUT2D eigenvalue weighted by Gasteiger charge is -2.19. The monoisotopic (exact) mass is 264 g/mol. The average molecular weight is 264 g/mol. The Balaban J connectivity index is 2.34. The van der Waals surface area contributed by atoms with Crippen molar-refractivity contribution in [2.24, 2.45) is 0 Å². The Kier molecular flexibility index (Phi) is 2.54. The third-order valence-corrected chi connectivity index (χ3v) is 3.42. The van der Waals surface area contributed by atoms with Gasteiger partial charge in [-0.3, -0.25) is 14.4 Å². The van der Waals surface area contributed by atoms with E-state index < -0.39 is 0 Å². The summed E-state index contributed by atoms with van der Waals surface area (Å²) >= 11 is 0. The molecule has 0 unspecified atom stereocenters. The van der Waals surface area contributed by atoms with Gasteiger partial charge >= 0.3 is 0 Å². The Morgan fingerprint density at radius 3 is 2.30 bits per heavy atom. The van der Waals surface area contributed by atoms with Gasteiger partial charge in [0, 0.05) is 22.3 Å². The SMILES string of the molecule is CC(=O)c1c[c]c2c(c1N)C(=O)c1ccccc1C2=O. The lowest BCUT2D eigenvalue weighted by Crippen LogP contribution is -2.23. The van der Waals surface area contributed by atoms with Crippen LogP contribution in [0.5, 0.6) is 0 Å².